The van der Waals surface area contributed by atoms with Crippen LogP contribution < -0.4 is 10.1 Å². The van der Waals surface area contributed by atoms with Crippen LogP contribution in [0, 0.1) is 0 Å². The summed E-state index contributed by atoms with van der Waals surface area (Å²) in [7, 11) is 1.65. The van der Waals surface area contributed by atoms with Gasteiger partial charge in [-0.2, -0.15) is 5.10 Å². The lowest BCUT2D eigenvalue weighted by molar-refractivity contribution is -0.116. The minimum Gasteiger partial charge on any atom is -0.496 e. The van der Waals surface area contributed by atoms with Gasteiger partial charge in [-0.1, -0.05) is 18.2 Å². The predicted molar refractivity (Wildman–Crippen MR) is 80.7 cm³/mol. The molecule has 2 heterocycles. The summed E-state index contributed by atoms with van der Waals surface area (Å²) in [5, 5.41) is 7.37. The molecule has 1 aromatic heterocycles. The number of ether oxygens (including phenoxy) is 1. The number of para-hydroxylation sites is 1. The van der Waals surface area contributed by atoms with Gasteiger partial charge in [0.05, 0.1) is 13.3 Å². The molecule has 0 bridgehead atoms. The molecule has 0 unspecified atom stereocenters. The number of carbonyl (C=O) groups excluding carboxylic acids is 1. The molecule has 0 saturated carbocycles. The fourth-order valence-electron chi connectivity index (χ4n) is 2.86. The molecule has 1 aliphatic rings. The van der Waals surface area contributed by atoms with Gasteiger partial charge in [0.2, 0.25) is 5.91 Å². The summed E-state index contributed by atoms with van der Waals surface area (Å²) in [6.45, 7) is 4.10. The number of methoxy groups -OCH3 is 1. The lowest BCUT2D eigenvalue weighted by Gasteiger charge is -2.25. The molecule has 3 rings (SSSR count). The first-order chi connectivity index (χ1) is 10.1. The number of rotatable bonds is 3. The van der Waals surface area contributed by atoms with Gasteiger partial charge in [-0.3, -0.25) is 4.79 Å². The Hall–Kier alpha value is -2.30. The number of anilines is 1. The van der Waals surface area contributed by atoms with Crippen LogP contribution in [0.3, 0.4) is 0 Å². The van der Waals surface area contributed by atoms with Gasteiger partial charge in [0, 0.05) is 29.5 Å². The van der Waals surface area contributed by atoms with Crippen LogP contribution in [0.15, 0.2) is 30.5 Å². The van der Waals surface area contributed by atoms with Crippen LogP contribution >= 0.6 is 0 Å². The molecule has 0 saturated heterocycles. The second-order valence-corrected chi connectivity index (χ2v) is 5.53. The van der Waals surface area contributed by atoms with Crippen LogP contribution in [-0.2, 0) is 4.79 Å². The van der Waals surface area contributed by atoms with Crippen LogP contribution in [0.4, 0.5) is 5.82 Å². The van der Waals surface area contributed by atoms with Gasteiger partial charge in [0.25, 0.3) is 0 Å². The van der Waals surface area contributed by atoms with E-state index in [2.05, 4.69) is 10.4 Å². The van der Waals surface area contributed by atoms with Gasteiger partial charge in [-0.15, -0.1) is 0 Å². The molecular formula is C16H19N3O2. The number of hydrogen-bond donors (Lipinski definition) is 1. The van der Waals surface area contributed by atoms with Crippen molar-refractivity contribution in [2.45, 2.75) is 32.2 Å². The number of hydrogen-bond acceptors (Lipinski definition) is 3. The number of carbonyl (C=O) groups is 1. The van der Waals surface area contributed by atoms with Crippen LogP contribution in [-0.4, -0.2) is 22.8 Å². The minimum absolute atomic E-state index is 0.0146. The van der Waals surface area contributed by atoms with Crippen molar-refractivity contribution >= 4 is 11.7 Å². The van der Waals surface area contributed by atoms with E-state index in [1.54, 1.807) is 7.11 Å². The van der Waals surface area contributed by atoms with Crippen LogP contribution in [0.25, 0.3) is 0 Å². The van der Waals surface area contributed by atoms with Crippen molar-refractivity contribution in [3.8, 4) is 5.75 Å². The van der Waals surface area contributed by atoms with Crippen molar-refractivity contribution < 1.29 is 9.53 Å². The quantitative estimate of drug-likeness (QED) is 0.943. The van der Waals surface area contributed by atoms with Gasteiger partial charge in [0.15, 0.2) is 0 Å². The van der Waals surface area contributed by atoms with Crippen LogP contribution in [0.1, 0.15) is 43.4 Å². The molecule has 2 aromatic rings. The third kappa shape index (κ3) is 2.28. The van der Waals surface area contributed by atoms with E-state index in [9.17, 15) is 4.79 Å². The standard InChI is InChI=1S/C16H19N3O2/c1-10(2)19-16-13(9-17-19)12(8-15(20)18-16)11-6-4-5-7-14(11)21-3/h4-7,9-10,12H,8H2,1-3H3,(H,18,20)/t12-/m0/s1. The van der Waals surface area contributed by atoms with Gasteiger partial charge in [-0.05, 0) is 19.9 Å². The first-order valence-electron chi connectivity index (χ1n) is 7.12. The van der Waals surface area contributed by atoms with Gasteiger partial charge in [0.1, 0.15) is 11.6 Å². The maximum Gasteiger partial charge on any atom is 0.226 e. The summed E-state index contributed by atoms with van der Waals surface area (Å²) < 4.78 is 7.30. The Balaban J connectivity index is 2.12. The van der Waals surface area contributed by atoms with E-state index < -0.39 is 0 Å². The topological polar surface area (TPSA) is 56.1 Å². The summed E-state index contributed by atoms with van der Waals surface area (Å²) >= 11 is 0. The summed E-state index contributed by atoms with van der Waals surface area (Å²) in [6.07, 6.45) is 2.27. The zero-order valence-corrected chi connectivity index (χ0v) is 12.5. The maximum atomic E-state index is 12.1. The van der Waals surface area contributed by atoms with E-state index in [0.29, 0.717) is 6.42 Å². The molecule has 110 valence electrons. The normalized spacial score (nSPS) is 17.5. The number of fused-ring (bicyclic) bond motifs is 1. The van der Waals surface area contributed by atoms with E-state index in [-0.39, 0.29) is 17.9 Å². The highest BCUT2D eigenvalue weighted by atomic mass is 16.5. The molecule has 0 spiro atoms. The number of aromatic nitrogens is 2. The fraction of sp³-hybridized carbons (Fsp3) is 0.375. The van der Waals surface area contributed by atoms with E-state index in [1.165, 1.54) is 0 Å². The Morgan fingerprint density at radius 2 is 2.10 bits per heavy atom. The van der Waals surface area contributed by atoms with Crippen molar-refractivity contribution in [1.29, 1.82) is 0 Å². The summed E-state index contributed by atoms with van der Waals surface area (Å²) in [6, 6.07) is 8.04. The van der Waals surface area contributed by atoms with Crippen LogP contribution in [0.5, 0.6) is 5.75 Å². The Morgan fingerprint density at radius 3 is 2.81 bits per heavy atom. The average Bonchev–Trinajstić information content (AvgIpc) is 2.90. The van der Waals surface area contributed by atoms with Crippen molar-refractivity contribution in [2.75, 3.05) is 12.4 Å². The molecular weight excluding hydrogens is 266 g/mol. The van der Waals surface area contributed by atoms with Crippen molar-refractivity contribution in [2.24, 2.45) is 0 Å². The molecule has 5 heteroatoms. The summed E-state index contributed by atoms with van der Waals surface area (Å²) in [5.41, 5.74) is 2.08. The summed E-state index contributed by atoms with van der Waals surface area (Å²) in [5.74, 6) is 1.61. The molecule has 1 N–H and O–H groups in total. The smallest absolute Gasteiger partial charge is 0.226 e. The molecule has 1 aromatic carbocycles. The lowest BCUT2D eigenvalue weighted by atomic mass is 9.87. The van der Waals surface area contributed by atoms with E-state index >= 15 is 0 Å². The number of nitrogens with one attached hydrogen (secondary N) is 1. The largest absolute Gasteiger partial charge is 0.496 e. The molecule has 1 amide bonds. The lowest BCUT2D eigenvalue weighted by Crippen LogP contribution is -2.25. The van der Waals surface area contributed by atoms with Crippen molar-refractivity contribution in [1.82, 2.24) is 9.78 Å². The number of benzene rings is 1. The second kappa shape index (κ2) is 5.24. The highest BCUT2D eigenvalue weighted by Crippen LogP contribution is 2.41. The van der Waals surface area contributed by atoms with Crippen molar-refractivity contribution in [3.63, 3.8) is 0 Å². The average molecular weight is 285 g/mol. The van der Waals surface area contributed by atoms with E-state index in [0.717, 1.165) is 22.7 Å². The SMILES string of the molecule is COc1ccccc1[C@@H]1CC(=O)Nc2c1cnn2C(C)C. The first kappa shape index (κ1) is 13.7. The van der Waals surface area contributed by atoms with Gasteiger partial charge >= 0.3 is 0 Å². The van der Waals surface area contributed by atoms with E-state index in [4.69, 9.17) is 4.74 Å². The number of nitrogens with zero attached hydrogens (tertiary/aromatic N) is 2. The molecule has 21 heavy (non-hydrogen) atoms. The van der Waals surface area contributed by atoms with Gasteiger partial charge in [-0.25, -0.2) is 4.68 Å². The zero-order chi connectivity index (χ0) is 15.0. The Morgan fingerprint density at radius 1 is 1.33 bits per heavy atom. The summed E-state index contributed by atoms with van der Waals surface area (Å²) in [4.78, 5) is 12.1. The fourth-order valence-corrected chi connectivity index (χ4v) is 2.86. The molecule has 5 nitrogen and oxygen atoms in total. The zero-order valence-electron chi connectivity index (χ0n) is 12.5. The van der Waals surface area contributed by atoms with Crippen LogP contribution in [0.2, 0.25) is 0 Å². The predicted octanol–water partition coefficient (Wildman–Crippen LogP) is 2.95. The molecule has 0 aliphatic carbocycles. The minimum atomic E-state index is -0.0163. The third-order valence-electron chi connectivity index (χ3n) is 3.85. The Bertz CT molecular complexity index is 676. The van der Waals surface area contributed by atoms with E-state index in [1.807, 2.05) is 49.0 Å². The number of amides is 1. The molecule has 1 aliphatic heterocycles. The van der Waals surface area contributed by atoms with Crippen molar-refractivity contribution in [3.05, 3.63) is 41.6 Å². The highest BCUT2D eigenvalue weighted by molar-refractivity contribution is 5.94. The molecule has 0 fully saturated rings. The monoisotopic (exact) mass is 285 g/mol. The molecule has 1 atom stereocenters. The van der Waals surface area contributed by atoms with Gasteiger partial charge < -0.3 is 10.1 Å². The maximum absolute atomic E-state index is 12.1. The Kier molecular flexibility index (Phi) is 3.41. The Labute approximate surface area is 123 Å². The second-order valence-electron chi connectivity index (χ2n) is 5.53. The highest BCUT2D eigenvalue weighted by Gasteiger charge is 2.31. The molecule has 0 radical (unpaired) electrons. The first-order valence-corrected chi connectivity index (χ1v) is 7.12. The third-order valence-corrected chi connectivity index (χ3v) is 3.85.